The van der Waals surface area contributed by atoms with Crippen LogP contribution in [0.1, 0.15) is 12.0 Å². The lowest BCUT2D eigenvalue weighted by molar-refractivity contribution is -0.138. The Balaban J connectivity index is 2.15. The maximum Gasteiger partial charge on any atom is 0.255 e. The molecule has 0 radical (unpaired) electrons. The molecule has 1 aromatic rings. The molecule has 2 saturated heterocycles. The molecule has 1 amide bonds. The third kappa shape index (κ3) is 1.59. The third-order valence-corrected chi connectivity index (χ3v) is 3.87. The highest BCUT2D eigenvalue weighted by Gasteiger charge is 2.64. The van der Waals surface area contributed by atoms with Crippen molar-refractivity contribution in [3.63, 3.8) is 0 Å². The summed E-state index contributed by atoms with van der Waals surface area (Å²) in [5.41, 5.74) is -3.78. The fourth-order valence-corrected chi connectivity index (χ4v) is 2.86. The number of piperidine rings is 1. The quantitative estimate of drug-likeness (QED) is 0.843. The van der Waals surface area contributed by atoms with Crippen molar-refractivity contribution in [3.05, 3.63) is 35.6 Å². The second-order valence-electron chi connectivity index (χ2n) is 5.00. The second kappa shape index (κ2) is 3.96. The van der Waals surface area contributed by atoms with E-state index in [0.717, 1.165) is 0 Å². The van der Waals surface area contributed by atoms with Crippen LogP contribution in [0.2, 0.25) is 0 Å². The number of benzene rings is 1. The monoisotopic (exact) mass is 271 g/mol. The zero-order valence-corrected chi connectivity index (χ0v) is 9.96. The van der Waals surface area contributed by atoms with Gasteiger partial charge < -0.3 is 10.1 Å². The molecule has 1 aromatic carbocycles. The van der Waals surface area contributed by atoms with E-state index in [1.54, 1.807) is 6.07 Å². The summed E-state index contributed by atoms with van der Waals surface area (Å²) in [6.07, 6.45) is -2.56. The number of ether oxygens (including phenoxy) is 1. The number of nitrogens with one attached hydrogen (secondary N) is 1. The standard InChI is InChI=1S/C13H12F3NO2/c14-9-4-2-1-3-8(9)13-7-19-6-12(13,16)5-10(15)11(18)17-13/h1-4,10H,5-7H2,(H,17,18)/t10?,12-,13+/m0/s1. The average molecular weight is 271 g/mol. The number of carbonyl (C=O) groups excluding carboxylic acids is 1. The van der Waals surface area contributed by atoms with Gasteiger partial charge in [0.1, 0.15) is 11.4 Å². The van der Waals surface area contributed by atoms with Gasteiger partial charge in [-0.3, -0.25) is 4.79 Å². The number of alkyl halides is 2. The Morgan fingerprint density at radius 3 is 2.79 bits per heavy atom. The maximum atomic E-state index is 15.0. The molecule has 1 unspecified atom stereocenters. The van der Waals surface area contributed by atoms with Crippen LogP contribution in [0, 0.1) is 5.82 Å². The first kappa shape index (κ1) is 12.5. The number of hydrogen-bond donors (Lipinski definition) is 1. The Morgan fingerprint density at radius 2 is 2.05 bits per heavy atom. The normalized spacial score (nSPS) is 37.8. The summed E-state index contributed by atoms with van der Waals surface area (Å²) < 4.78 is 47.4. The minimum Gasteiger partial charge on any atom is -0.375 e. The van der Waals surface area contributed by atoms with Crippen LogP contribution < -0.4 is 5.32 Å². The molecule has 2 heterocycles. The Hall–Kier alpha value is -1.56. The van der Waals surface area contributed by atoms with Gasteiger partial charge in [-0.1, -0.05) is 18.2 Å². The van der Waals surface area contributed by atoms with Gasteiger partial charge in [0, 0.05) is 12.0 Å². The summed E-state index contributed by atoms with van der Waals surface area (Å²) in [7, 11) is 0. The van der Waals surface area contributed by atoms with Gasteiger partial charge in [0.25, 0.3) is 5.91 Å². The number of amides is 1. The molecule has 3 atom stereocenters. The second-order valence-corrected chi connectivity index (χ2v) is 5.00. The first-order valence-electron chi connectivity index (χ1n) is 5.96. The summed E-state index contributed by atoms with van der Waals surface area (Å²) >= 11 is 0. The van der Waals surface area contributed by atoms with E-state index in [2.05, 4.69) is 5.32 Å². The largest absolute Gasteiger partial charge is 0.375 e. The lowest BCUT2D eigenvalue weighted by Gasteiger charge is -2.44. The van der Waals surface area contributed by atoms with Crippen LogP contribution in [-0.2, 0) is 15.1 Å². The molecule has 3 rings (SSSR count). The van der Waals surface area contributed by atoms with Crippen molar-refractivity contribution in [2.75, 3.05) is 13.2 Å². The molecule has 1 N–H and O–H groups in total. The van der Waals surface area contributed by atoms with Gasteiger partial charge >= 0.3 is 0 Å². The van der Waals surface area contributed by atoms with Crippen molar-refractivity contribution in [2.45, 2.75) is 23.8 Å². The lowest BCUT2D eigenvalue weighted by atomic mass is 9.72. The molecule has 19 heavy (non-hydrogen) atoms. The molecule has 102 valence electrons. The van der Waals surface area contributed by atoms with Gasteiger partial charge in [-0.2, -0.15) is 0 Å². The minimum absolute atomic E-state index is 0.00440. The van der Waals surface area contributed by atoms with Crippen molar-refractivity contribution < 1.29 is 22.7 Å². The molecule has 0 spiro atoms. The Bertz CT molecular complexity index is 538. The molecule has 6 heteroatoms. The van der Waals surface area contributed by atoms with Gasteiger partial charge in [-0.05, 0) is 6.07 Å². The number of halogens is 3. The highest BCUT2D eigenvalue weighted by atomic mass is 19.2. The van der Waals surface area contributed by atoms with E-state index in [9.17, 15) is 18.0 Å². The molecular formula is C13H12F3NO2. The SMILES string of the molecule is O=C1N[C@@]2(c3ccccc3F)COC[C@@]2(F)CC1F. The van der Waals surface area contributed by atoms with Gasteiger partial charge in [-0.25, -0.2) is 13.2 Å². The van der Waals surface area contributed by atoms with E-state index >= 15 is 0 Å². The van der Waals surface area contributed by atoms with E-state index in [1.807, 2.05) is 0 Å². The van der Waals surface area contributed by atoms with Crippen LogP contribution in [0.4, 0.5) is 13.2 Å². The lowest BCUT2D eigenvalue weighted by Crippen LogP contribution is -2.66. The number of carbonyl (C=O) groups is 1. The van der Waals surface area contributed by atoms with Gasteiger partial charge in [0.15, 0.2) is 11.8 Å². The predicted molar refractivity (Wildman–Crippen MR) is 60.4 cm³/mol. The zero-order valence-electron chi connectivity index (χ0n) is 9.96. The van der Waals surface area contributed by atoms with Gasteiger partial charge in [0.2, 0.25) is 0 Å². The molecular weight excluding hydrogens is 259 g/mol. The van der Waals surface area contributed by atoms with E-state index in [1.165, 1.54) is 18.2 Å². The minimum atomic E-state index is -2.14. The Labute approximate surface area is 107 Å². The fraction of sp³-hybridized carbons (Fsp3) is 0.462. The number of fused-ring (bicyclic) bond motifs is 1. The predicted octanol–water partition coefficient (Wildman–Crippen LogP) is 1.62. The maximum absolute atomic E-state index is 15.0. The van der Waals surface area contributed by atoms with Crippen LogP contribution in [0.5, 0.6) is 0 Å². The van der Waals surface area contributed by atoms with Gasteiger partial charge in [0.05, 0.1) is 13.2 Å². The van der Waals surface area contributed by atoms with Crippen LogP contribution in [0.15, 0.2) is 24.3 Å². The van der Waals surface area contributed by atoms with Crippen LogP contribution >= 0.6 is 0 Å². The van der Waals surface area contributed by atoms with Crippen LogP contribution in [0.25, 0.3) is 0 Å². The Kier molecular flexibility index (Phi) is 2.60. The molecule has 0 saturated carbocycles. The van der Waals surface area contributed by atoms with E-state index in [4.69, 9.17) is 4.74 Å². The zero-order chi connectivity index (χ0) is 13.7. The summed E-state index contributed by atoms with van der Waals surface area (Å²) in [4.78, 5) is 11.5. The molecule has 2 aliphatic heterocycles. The van der Waals surface area contributed by atoms with Crippen LogP contribution in [0.3, 0.4) is 0 Å². The van der Waals surface area contributed by atoms with Crippen molar-refractivity contribution >= 4 is 5.91 Å². The highest BCUT2D eigenvalue weighted by Crippen LogP contribution is 2.48. The molecule has 2 aliphatic rings. The summed E-state index contributed by atoms with van der Waals surface area (Å²) in [6.45, 7) is -0.565. The van der Waals surface area contributed by atoms with Crippen molar-refractivity contribution in [1.29, 1.82) is 0 Å². The number of rotatable bonds is 1. The van der Waals surface area contributed by atoms with E-state index in [0.29, 0.717) is 0 Å². The summed E-state index contributed by atoms with van der Waals surface area (Å²) in [5, 5.41) is 2.29. The van der Waals surface area contributed by atoms with E-state index in [-0.39, 0.29) is 18.8 Å². The van der Waals surface area contributed by atoms with E-state index < -0.39 is 35.5 Å². The smallest absolute Gasteiger partial charge is 0.255 e. The van der Waals surface area contributed by atoms with Crippen molar-refractivity contribution in [1.82, 2.24) is 5.32 Å². The average Bonchev–Trinajstić information content (AvgIpc) is 2.68. The topological polar surface area (TPSA) is 38.3 Å². The molecule has 0 aromatic heterocycles. The first-order valence-corrected chi connectivity index (χ1v) is 5.96. The first-order chi connectivity index (χ1) is 8.98. The molecule has 2 fully saturated rings. The van der Waals surface area contributed by atoms with Gasteiger partial charge in [-0.15, -0.1) is 0 Å². The summed E-state index contributed by atoms with van der Waals surface area (Å²) in [5.74, 6) is -1.57. The fourth-order valence-electron chi connectivity index (χ4n) is 2.86. The molecule has 3 nitrogen and oxygen atoms in total. The van der Waals surface area contributed by atoms with Crippen molar-refractivity contribution in [2.24, 2.45) is 0 Å². The molecule has 0 bridgehead atoms. The van der Waals surface area contributed by atoms with Crippen molar-refractivity contribution in [3.8, 4) is 0 Å². The summed E-state index contributed by atoms with van der Waals surface area (Å²) in [6, 6.07) is 5.57. The van der Waals surface area contributed by atoms with Crippen LogP contribution in [-0.4, -0.2) is 31.0 Å². The Morgan fingerprint density at radius 1 is 1.32 bits per heavy atom. The number of hydrogen-bond acceptors (Lipinski definition) is 2. The third-order valence-electron chi connectivity index (χ3n) is 3.87. The molecule has 0 aliphatic carbocycles. The highest BCUT2D eigenvalue weighted by molar-refractivity contribution is 5.83.